The molecule has 2 aromatic heterocycles. The summed E-state index contributed by atoms with van der Waals surface area (Å²) in [4.78, 5) is 38.4. The summed E-state index contributed by atoms with van der Waals surface area (Å²) in [5.74, 6) is -1.42. The molecule has 0 unspecified atom stereocenters. The minimum absolute atomic E-state index is 0.0216. The van der Waals surface area contributed by atoms with E-state index in [0.29, 0.717) is 16.3 Å². The van der Waals surface area contributed by atoms with E-state index < -0.39 is 10.8 Å². The first-order valence-corrected chi connectivity index (χ1v) is 9.95. The molecular formula is C17H15BrClN7O5. The summed E-state index contributed by atoms with van der Waals surface area (Å²) in [6.07, 6.45) is 0. The number of hydrogen-bond donors (Lipinski definition) is 2. The molecule has 12 nitrogen and oxygen atoms in total. The van der Waals surface area contributed by atoms with Crippen LogP contribution in [-0.4, -0.2) is 49.7 Å². The van der Waals surface area contributed by atoms with E-state index in [1.165, 1.54) is 4.68 Å². The SMILES string of the molecule is Cc1c(Br)c([N+](=O)[O-])nn1Cc1noc(C(=O)NCCNC(=O)c2ccc(Cl)cc2)n1. The van der Waals surface area contributed by atoms with Crippen molar-refractivity contribution in [2.45, 2.75) is 13.5 Å². The Morgan fingerprint density at radius 2 is 1.87 bits per heavy atom. The number of nitro groups is 1. The van der Waals surface area contributed by atoms with Gasteiger partial charge in [0.2, 0.25) is 0 Å². The molecule has 31 heavy (non-hydrogen) atoms. The summed E-state index contributed by atoms with van der Waals surface area (Å²) >= 11 is 8.90. The first-order chi connectivity index (χ1) is 14.8. The molecule has 0 atom stereocenters. The number of aromatic nitrogens is 4. The van der Waals surface area contributed by atoms with Crippen molar-refractivity contribution >= 4 is 45.2 Å². The zero-order valence-electron chi connectivity index (χ0n) is 16.0. The molecule has 0 aliphatic carbocycles. The molecule has 0 aliphatic rings. The lowest BCUT2D eigenvalue weighted by Gasteiger charge is -2.05. The lowest BCUT2D eigenvalue weighted by molar-refractivity contribution is -0.390. The third-order valence-corrected chi connectivity index (χ3v) is 5.23. The topological polar surface area (TPSA) is 158 Å². The van der Waals surface area contributed by atoms with Crippen molar-refractivity contribution in [3.05, 3.63) is 66.8 Å². The minimum Gasteiger partial charge on any atom is -0.358 e. The maximum atomic E-state index is 12.1. The second-order valence-corrected chi connectivity index (χ2v) is 7.40. The Morgan fingerprint density at radius 3 is 2.48 bits per heavy atom. The molecular weight excluding hydrogens is 498 g/mol. The lowest BCUT2D eigenvalue weighted by atomic mass is 10.2. The van der Waals surface area contributed by atoms with Gasteiger partial charge in [0, 0.05) is 23.7 Å². The van der Waals surface area contributed by atoms with Crippen LogP contribution in [-0.2, 0) is 6.54 Å². The Balaban J connectivity index is 1.50. The zero-order chi connectivity index (χ0) is 22.5. The third kappa shape index (κ3) is 5.44. The van der Waals surface area contributed by atoms with E-state index >= 15 is 0 Å². The second-order valence-electron chi connectivity index (χ2n) is 6.17. The maximum absolute atomic E-state index is 12.1. The van der Waals surface area contributed by atoms with Gasteiger partial charge in [0.25, 0.3) is 5.91 Å². The number of carbonyl (C=O) groups is 2. The Labute approximate surface area is 188 Å². The molecule has 0 spiro atoms. The number of halogens is 2. The predicted molar refractivity (Wildman–Crippen MR) is 111 cm³/mol. The second kappa shape index (κ2) is 9.66. The van der Waals surface area contributed by atoms with Crippen molar-refractivity contribution in [1.82, 2.24) is 30.6 Å². The standard InChI is InChI=1S/C17H15BrClN7O5/c1-9-13(18)14(26(29)30)23-25(9)8-12-22-17(31-24-12)16(28)21-7-6-20-15(27)10-2-4-11(19)5-3-10/h2-5H,6-8H2,1H3,(H,20,27)(H,21,28). The Morgan fingerprint density at radius 1 is 1.23 bits per heavy atom. The smallest absolute Gasteiger partial charge is 0.358 e. The molecule has 0 saturated heterocycles. The predicted octanol–water partition coefficient (Wildman–Crippen LogP) is 2.11. The molecule has 2 heterocycles. The first-order valence-electron chi connectivity index (χ1n) is 8.78. The van der Waals surface area contributed by atoms with Crippen molar-refractivity contribution in [2.24, 2.45) is 0 Å². The maximum Gasteiger partial charge on any atom is 0.404 e. The minimum atomic E-state index is -0.621. The Hall–Kier alpha value is -3.32. The number of carbonyl (C=O) groups excluding carboxylic acids is 2. The molecule has 0 radical (unpaired) electrons. The van der Waals surface area contributed by atoms with Crippen LogP contribution in [0, 0.1) is 17.0 Å². The molecule has 0 aliphatic heterocycles. The Kier molecular flexibility index (Phi) is 6.97. The lowest BCUT2D eigenvalue weighted by Crippen LogP contribution is -2.34. The van der Waals surface area contributed by atoms with Gasteiger partial charge in [-0.25, -0.2) is 0 Å². The van der Waals surface area contributed by atoms with E-state index in [1.807, 2.05) is 0 Å². The van der Waals surface area contributed by atoms with E-state index in [9.17, 15) is 19.7 Å². The van der Waals surface area contributed by atoms with Crippen molar-refractivity contribution < 1.29 is 19.0 Å². The summed E-state index contributed by atoms with van der Waals surface area (Å²) in [6, 6.07) is 6.38. The Bertz CT molecular complexity index is 1130. The van der Waals surface area contributed by atoms with Gasteiger partial charge >= 0.3 is 17.6 Å². The van der Waals surface area contributed by atoms with Crippen LogP contribution in [0.1, 0.15) is 32.6 Å². The monoisotopic (exact) mass is 511 g/mol. The average molecular weight is 513 g/mol. The van der Waals surface area contributed by atoms with E-state index in [-0.39, 0.29) is 47.5 Å². The van der Waals surface area contributed by atoms with Gasteiger partial charge in [0.1, 0.15) is 11.0 Å². The highest BCUT2D eigenvalue weighted by atomic mass is 79.9. The molecule has 3 rings (SSSR count). The molecule has 1 aromatic carbocycles. The van der Waals surface area contributed by atoms with Crippen molar-refractivity contribution in [3.63, 3.8) is 0 Å². The summed E-state index contributed by atoms with van der Waals surface area (Å²) in [7, 11) is 0. The van der Waals surface area contributed by atoms with Gasteiger partial charge < -0.3 is 25.3 Å². The van der Waals surface area contributed by atoms with Crippen LogP contribution in [0.5, 0.6) is 0 Å². The van der Waals surface area contributed by atoms with Gasteiger partial charge in [0.05, 0.1) is 10.8 Å². The van der Waals surface area contributed by atoms with E-state index in [0.717, 1.165) is 0 Å². The fourth-order valence-electron chi connectivity index (χ4n) is 2.45. The molecule has 2 amide bonds. The average Bonchev–Trinajstić information content (AvgIpc) is 3.32. The van der Waals surface area contributed by atoms with Crippen molar-refractivity contribution in [3.8, 4) is 0 Å². The summed E-state index contributed by atoms with van der Waals surface area (Å²) in [6.45, 7) is 1.92. The van der Waals surface area contributed by atoms with Gasteiger partial charge in [-0.2, -0.15) is 9.67 Å². The summed E-state index contributed by atoms with van der Waals surface area (Å²) in [5.41, 5.74) is 0.942. The number of amides is 2. The van der Waals surface area contributed by atoms with Crippen molar-refractivity contribution in [2.75, 3.05) is 13.1 Å². The van der Waals surface area contributed by atoms with Gasteiger partial charge in [-0.3, -0.25) is 9.59 Å². The normalized spacial score (nSPS) is 10.7. The zero-order valence-corrected chi connectivity index (χ0v) is 18.3. The molecule has 14 heteroatoms. The van der Waals surface area contributed by atoms with Crippen molar-refractivity contribution in [1.29, 1.82) is 0 Å². The highest BCUT2D eigenvalue weighted by molar-refractivity contribution is 9.10. The number of nitrogens with one attached hydrogen (secondary N) is 2. The van der Waals surface area contributed by atoms with Gasteiger partial charge in [-0.1, -0.05) is 16.8 Å². The van der Waals surface area contributed by atoms with Gasteiger partial charge in [0.15, 0.2) is 5.82 Å². The number of nitrogens with zero attached hydrogens (tertiary/aromatic N) is 5. The van der Waals surface area contributed by atoms with E-state index in [4.69, 9.17) is 16.1 Å². The number of rotatable bonds is 8. The molecule has 162 valence electrons. The number of hydrogen-bond acceptors (Lipinski definition) is 8. The molecule has 0 bridgehead atoms. The van der Waals surface area contributed by atoms with Crippen LogP contribution in [0.15, 0.2) is 33.3 Å². The van der Waals surface area contributed by atoms with Crippen LogP contribution < -0.4 is 10.6 Å². The molecule has 0 fully saturated rings. The van der Waals surface area contributed by atoms with Gasteiger partial charge in [-0.15, -0.1) is 0 Å². The first kappa shape index (κ1) is 22.4. The fourth-order valence-corrected chi connectivity index (χ4v) is 3.01. The number of benzene rings is 1. The molecule has 0 saturated carbocycles. The van der Waals surface area contributed by atoms with Gasteiger partial charge in [-0.05, 0) is 52.0 Å². The van der Waals surface area contributed by atoms with Crippen LogP contribution in [0.3, 0.4) is 0 Å². The molecule has 3 aromatic rings. The highest BCUT2D eigenvalue weighted by Gasteiger charge is 2.25. The third-order valence-electron chi connectivity index (χ3n) is 4.05. The molecule has 2 N–H and O–H groups in total. The van der Waals surface area contributed by atoms with Crippen LogP contribution in [0.4, 0.5) is 5.82 Å². The summed E-state index contributed by atoms with van der Waals surface area (Å²) < 4.78 is 6.49. The fraction of sp³-hybridized carbons (Fsp3) is 0.235. The van der Waals surface area contributed by atoms with Crippen LogP contribution in [0.25, 0.3) is 0 Å². The van der Waals surface area contributed by atoms with Crippen LogP contribution >= 0.6 is 27.5 Å². The largest absolute Gasteiger partial charge is 0.404 e. The van der Waals surface area contributed by atoms with E-state index in [1.54, 1.807) is 31.2 Å². The summed E-state index contributed by atoms with van der Waals surface area (Å²) in [5, 5.41) is 24.2. The quantitative estimate of drug-likeness (QED) is 0.264. The van der Waals surface area contributed by atoms with Crippen LogP contribution in [0.2, 0.25) is 5.02 Å². The van der Waals surface area contributed by atoms with E-state index in [2.05, 4.69) is 41.8 Å². The highest BCUT2D eigenvalue weighted by Crippen LogP contribution is 2.27.